The van der Waals surface area contributed by atoms with Gasteiger partial charge in [0.25, 0.3) is 0 Å². The third-order valence-electron chi connectivity index (χ3n) is 3.69. The van der Waals surface area contributed by atoms with Crippen molar-refractivity contribution in [1.82, 2.24) is 15.3 Å². The second kappa shape index (κ2) is 7.89. The van der Waals surface area contributed by atoms with Crippen molar-refractivity contribution in [3.8, 4) is 11.5 Å². The van der Waals surface area contributed by atoms with Crippen molar-refractivity contribution in [2.75, 3.05) is 6.26 Å². The lowest BCUT2D eigenvalue weighted by molar-refractivity contribution is -0.120. The maximum atomic E-state index is 12.1. The largest absolute Gasteiger partial charge is 0.444 e. The Morgan fingerprint density at radius 2 is 1.96 bits per heavy atom. The molecule has 0 unspecified atom stereocenters. The molecule has 2 heterocycles. The molecule has 0 aliphatic heterocycles. The lowest BCUT2D eigenvalue weighted by atomic mass is 10.2. The molecule has 0 saturated heterocycles. The van der Waals surface area contributed by atoms with E-state index in [1.165, 1.54) is 24.6 Å². The van der Waals surface area contributed by atoms with Crippen LogP contribution < -0.4 is 5.32 Å². The van der Waals surface area contributed by atoms with Crippen LogP contribution in [-0.4, -0.2) is 30.5 Å². The molecule has 0 atom stereocenters. The van der Waals surface area contributed by atoms with Crippen molar-refractivity contribution in [2.24, 2.45) is 0 Å². The molecule has 1 N–H and O–H groups in total. The molecule has 1 aromatic carbocycles. The molecule has 9 heteroatoms. The Bertz CT molecular complexity index is 1060. The number of carbonyl (C=O) groups is 1. The maximum absolute atomic E-state index is 12.1. The van der Waals surface area contributed by atoms with Crippen molar-refractivity contribution in [3.63, 3.8) is 0 Å². The SMILES string of the molecule is CS(=O)(=O)c1cccnc1CNC(=O)Cc1coc(-c2ccc(Cl)cc2)n1. The summed E-state index contributed by atoms with van der Waals surface area (Å²) in [6.45, 7) is 0.00394. The predicted octanol–water partition coefficient (Wildman–Crippen LogP) is 2.65. The zero-order valence-corrected chi connectivity index (χ0v) is 15.9. The minimum Gasteiger partial charge on any atom is -0.444 e. The average molecular weight is 406 g/mol. The van der Waals surface area contributed by atoms with Gasteiger partial charge in [-0.05, 0) is 36.4 Å². The van der Waals surface area contributed by atoms with Crippen LogP contribution in [0.15, 0.2) is 58.2 Å². The number of hydrogen-bond donors (Lipinski definition) is 1. The van der Waals surface area contributed by atoms with Crippen molar-refractivity contribution < 1.29 is 17.6 Å². The highest BCUT2D eigenvalue weighted by Crippen LogP contribution is 2.21. The Labute approximate surface area is 161 Å². The summed E-state index contributed by atoms with van der Waals surface area (Å²) >= 11 is 5.85. The number of sulfone groups is 1. The van der Waals surface area contributed by atoms with Crippen LogP contribution >= 0.6 is 11.6 Å². The summed E-state index contributed by atoms with van der Waals surface area (Å²) in [5, 5.41) is 3.26. The molecule has 1 amide bonds. The van der Waals surface area contributed by atoms with E-state index in [1.54, 1.807) is 24.3 Å². The summed E-state index contributed by atoms with van der Waals surface area (Å²) in [7, 11) is -3.42. The molecule has 0 fully saturated rings. The van der Waals surface area contributed by atoms with Gasteiger partial charge in [0.1, 0.15) is 6.26 Å². The van der Waals surface area contributed by atoms with Gasteiger partial charge in [0, 0.05) is 23.0 Å². The van der Waals surface area contributed by atoms with Crippen molar-refractivity contribution in [2.45, 2.75) is 17.9 Å². The first-order valence-electron chi connectivity index (χ1n) is 7.94. The van der Waals surface area contributed by atoms with Crippen LogP contribution in [-0.2, 0) is 27.6 Å². The summed E-state index contributed by atoms with van der Waals surface area (Å²) in [6, 6.07) is 9.98. The lowest BCUT2D eigenvalue weighted by Crippen LogP contribution is -2.26. The van der Waals surface area contributed by atoms with Gasteiger partial charge < -0.3 is 9.73 Å². The molecule has 7 nitrogen and oxygen atoms in total. The molecular formula is C18H16ClN3O4S. The van der Waals surface area contributed by atoms with E-state index < -0.39 is 9.84 Å². The third kappa shape index (κ3) is 4.93. The van der Waals surface area contributed by atoms with E-state index in [-0.39, 0.29) is 29.5 Å². The lowest BCUT2D eigenvalue weighted by Gasteiger charge is -2.07. The second-order valence-electron chi connectivity index (χ2n) is 5.82. The number of aromatic nitrogens is 2. The topological polar surface area (TPSA) is 102 Å². The standard InChI is InChI=1S/C18H16ClN3O4S/c1-27(24,25)16-3-2-8-20-15(16)10-21-17(23)9-14-11-26-18(22-14)12-4-6-13(19)7-5-12/h2-8,11H,9-10H2,1H3,(H,21,23). The Hall–Kier alpha value is -2.71. The van der Waals surface area contributed by atoms with E-state index in [2.05, 4.69) is 15.3 Å². The van der Waals surface area contributed by atoms with E-state index in [4.69, 9.17) is 16.0 Å². The van der Waals surface area contributed by atoms with Gasteiger partial charge in [-0.25, -0.2) is 13.4 Å². The summed E-state index contributed by atoms with van der Waals surface area (Å²) in [5.41, 5.74) is 1.49. The summed E-state index contributed by atoms with van der Waals surface area (Å²) < 4.78 is 28.9. The van der Waals surface area contributed by atoms with E-state index in [0.29, 0.717) is 16.6 Å². The quantitative estimate of drug-likeness (QED) is 0.676. The molecule has 0 saturated carbocycles. The molecule has 0 spiro atoms. The molecule has 140 valence electrons. The Morgan fingerprint density at radius 1 is 1.22 bits per heavy atom. The van der Waals surface area contributed by atoms with E-state index in [0.717, 1.165) is 11.8 Å². The molecule has 3 rings (SSSR count). The number of rotatable bonds is 6. The summed E-state index contributed by atoms with van der Waals surface area (Å²) in [5.74, 6) is 0.0645. The first-order valence-corrected chi connectivity index (χ1v) is 10.2. The number of nitrogens with one attached hydrogen (secondary N) is 1. The van der Waals surface area contributed by atoms with Crippen LogP contribution in [0.25, 0.3) is 11.5 Å². The monoisotopic (exact) mass is 405 g/mol. The zero-order valence-electron chi connectivity index (χ0n) is 14.3. The van der Waals surface area contributed by atoms with Crippen molar-refractivity contribution in [3.05, 3.63) is 65.3 Å². The molecule has 0 aliphatic carbocycles. The molecule has 0 aliphatic rings. The number of carbonyl (C=O) groups excluding carboxylic acids is 1. The average Bonchev–Trinajstić information content (AvgIpc) is 3.08. The first kappa shape index (κ1) is 19.1. The minimum atomic E-state index is -3.42. The predicted molar refractivity (Wildman–Crippen MR) is 99.8 cm³/mol. The van der Waals surface area contributed by atoms with E-state index in [1.807, 2.05) is 0 Å². The summed E-state index contributed by atoms with van der Waals surface area (Å²) in [6.07, 6.45) is 3.99. The highest BCUT2D eigenvalue weighted by atomic mass is 35.5. The van der Waals surface area contributed by atoms with Gasteiger partial charge in [-0.15, -0.1) is 0 Å². The number of pyridine rings is 1. The van der Waals surface area contributed by atoms with Crippen LogP contribution in [0.2, 0.25) is 5.02 Å². The number of halogens is 1. The van der Waals surface area contributed by atoms with Crippen LogP contribution in [0.3, 0.4) is 0 Å². The number of oxazole rings is 1. The van der Waals surface area contributed by atoms with Gasteiger partial charge in [0.15, 0.2) is 9.84 Å². The smallest absolute Gasteiger partial charge is 0.226 e. The number of hydrogen-bond acceptors (Lipinski definition) is 6. The first-order chi connectivity index (χ1) is 12.8. The number of benzene rings is 1. The van der Waals surface area contributed by atoms with Gasteiger partial charge in [-0.3, -0.25) is 9.78 Å². The molecule has 27 heavy (non-hydrogen) atoms. The zero-order chi connectivity index (χ0) is 19.4. The molecular weight excluding hydrogens is 390 g/mol. The second-order valence-corrected chi connectivity index (χ2v) is 8.25. The van der Waals surface area contributed by atoms with Crippen LogP contribution in [0.5, 0.6) is 0 Å². The third-order valence-corrected chi connectivity index (χ3v) is 5.11. The fraction of sp³-hybridized carbons (Fsp3) is 0.167. The molecule has 0 bridgehead atoms. The van der Waals surface area contributed by atoms with Gasteiger partial charge in [-0.2, -0.15) is 0 Å². The summed E-state index contributed by atoms with van der Waals surface area (Å²) in [4.78, 5) is 20.6. The van der Waals surface area contributed by atoms with Gasteiger partial charge in [0.05, 0.1) is 29.2 Å². The van der Waals surface area contributed by atoms with Crippen LogP contribution in [0.4, 0.5) is 0 Å². The van der Waals surface area contributed by atoms with Crippen molar-refractivity contribution >= 4 is 27.3 Å². The highest BCUT2D eigenvalue weighted by Gasteiger charge is 2.15. The highest BCUT2D eigenvalue weighted by molar-refractivity contribution is 7.90. The fourth-order valence-electron chi connectivity index (χ4n) is 2.42. The molecule has 3 aromatic rings. The Morgan fingerprint density at radius 3 is 2.67 bits per heavy atom. The molecule has 0 radical (unpaired) electrons. The van der Waals surface area contributed by atoms with Crippen molar-refractivity contribution in [1.29, 1.82) is 0 Å². The van der Waals surface area contributed by atoms with Gasteiger partial charge in [0.2, 0.25) is 11.8 Å². The van der Waals surface area contributed by atoms with Crippen LogP contribution in [0, 0.1) is 0 Å². The molecule has 2 aromatic heterocycles. The maximum Gasteiger partial charge on any atom is 0.226 e. The Kier molecular flexibility index (Phi) is 5.57. The number of amides is 1. The van der Waals surface area contributed by atoms with Crippen LogP contribution in [0.1, 0.15) is 11.4 Å². The van der Waals surface area contributed by atoms with Gasteiger partial charge in [-0.1, -0.05) is 11.6 Å². The normalized spacial score (nSPS) is 11.3. The number of nitrogens with zero attached hydrogens (tertiary/aromatic N) is 2. The Balaban J connectivity index is 1.63. The van der Waals surface area contributed by atoms with E-state index in [9.17, 15) is 13.2 Å². The fourth-order valence-corrected chi connectivity index (χ4v) is 3.42. The van der Waals surface area contributed by atoms with E-state index >= 15 is 0 Å². The minimum absolute atomic E-state index is 0.00185. The van der Waals surface area contributed by atoms with Gasteiger partial charge >= 0.3 is 0 Å².